The predicted octanol–water partition coefficient (Wildman–Crippen LogP) is 2.62. The Morgan fingerprint density at radius 3 is 2.11 bits per heavy atom. The Labute approximate surface area is 161 Å². The molecule has 8 heteroatoms. The summed E-state index contributed by atoms with van der Waals surface area (Å²) >= 11 is 0. The maximum absolute atomic E-state index is 12.2. The summed E-state index contributed by atoms with van der Waals surface area (Å²) in [5.74, 6) is -1.23. The monoisotopic (exact) mass is 381 g/mol. The van der Waals surface area contributed by atoms with Gasteiger partial charge < -0.3 is 10.1 Å². The molecule has 1 fully saturated rings. The molecule has 1 N–H and O–H groups in total. The van der Waals surface area contributed by atoms with Crippen molar-refractivity contribution >= 4 is 29.4 Å². The molecule has 8 nitrogen and oxygen atoms in total. The standard InChI is InChI=1S/C20H19N3O5/c1-13(2)23-19(26)18(25)22(20(23)27)12-17(24)21-14-8-10-16(11-9-14)28-15-6-4-3-5-7-15/h3-11,13H,12H2,1-2H3,(H,21,24). The molecule has 0 saturated carbocycles. The van der Waals surface area contributed by atoms with E-state index in [-0.39, 0.29) is 0 Å². The van der Waals surface area contributed by atoms with Gasteiger partial charge in [-0.2, -0.15) is 0 Å². The van der Waals surface area contributed by atoms with E-state index in [0.717, 1.165) is 4.90 Å². The zero-order chi connectivity index (χ0) is 20.3. The lowest BCUT2D eigenvalue weighted by Gasteiger charge is -2.18. The summed E-state index contributed by atoms with van der Waals surface area (Å²) in [5.41, 5.74) is 0.469. The van der Waals surface area contributed by atoms with Crippen molar-refractivity contribution in [3.05, 3.63) is 54.6 Å². The van der Waals surface area contributed by atoms with Gasteiger partial charge in [-0.05, 0) is 50.2 Å². The number of ether oxygens (including phenoxy) is 1. The molecule has 1 aliphatic rings. The van der Waals surface area contributed by atoms with Gasteiger partial charge in [0.1, 0.15) is 18.0 Å². The van der Waals surface area contributed by atoms with Crippen LogP contribution in [0.15, 0.2) is 54.6 Å². The summed E-state index contributed by atoms with van der Waals surface area (Å²) < 4.78 is 5.67. The normalized spacial score (nSPS) is 14.0. The van der Waals surface area contributed by atoms with Gasteiger partial charge in [-0.3, -0.25) is 19.3 Å². The fraction of sp³-hybridized carbons (Fsp3) is 0.200. The number of hydrogen-bond donors (Lipinski definition) is 1. The first-order valence-corrected chi connectivity index (χ1v) is 8.68. The molecule has 0 aromatic heterocycles. The third-order valence-corrected chi connectivity index (χ3v) is 4.02. The number of rotatable bonds is 6. The highest BCUT2D eigenvalue weighted by molar-refractivity contribution is 6.45. The smallest absolute Gasteiger partial charge is 0.334 e. The number of anilines is 1. The molecule has 0 atom stereocenters. The molecular weight excluding hydrogens is 362 g/mol. The van der Waals surface area contributed by atoms with E-state index in [1.165, 1.54) is 0 Å². The Morgan fingerprint density at radius 2 is 1.54 bits per heavy atom. The van der Waals surface area contributed by atoms with Gasteiger partial charge in [0.15, 0.2) is 0 Å². The first-order valence-electron chi connectivity index (χ1n) is 8.68. The Balaban J connectivity index is 1.60. The molecule has 1 saturated heterocycles. The largest absolute Gasteiger partial charge is 0.457 e. The molecule has 1 heterocycles. The van der Waals surface area contributed by atoms with Gasteiger partial charge >= 0.3 is 17.8 Å². The van der Waals surface area contributed by atoms with E-state index in [0.29, 0.717) is 22.1 Å². The maximum Gasteiger partial charge on any atom is 0.334 e. The SMILES string of the molecule is CC(C)N1C(=O)C(=O)N(CC(=O)Nc2ccc(Oc3ccccc3)cc2)C1=O. The van der Waals surface area contributed by atoms with Crippen LogP contribution in [0, 0.1) is 0 Å². The summed E-state index contributed by atoms with van der Waals surface area (Å²) in [6.07, 6.45) is 0. The number of imide groups is 2. The summed E-state index contributed by atoms with van der Waals surface area (Å²) in [7, 11) is 0. The van der Waals surface area contributed by atoms with Crippen LogP contribution >= 0.6 is 0 Å². The van der Waals surface area contributed by atoms with Crippen LogP contribution in [0.4, 0.5) is 10.5 Å². The van der Waals surface area contributed by atoms with Crippen molar-refractivity contribution in [2.45, 2.75) is 19.9 Å². The van der Waals surface area contributed by atoms with Crippen molar-refractivity contribution in [3.63, 3.8) is 0 Å². The molecule has 5 amide bonds. The number of amides is 5. The van der Waals surface area contributed by atoms with E-state index in [9.17, 15) is 19.2 Å². The number of para-hydroxylation sites is 1. The average Bonchev–Trinajstić information content (AvgIpc) is 2.87. The van der Waals surface area contributed by atoms with Crippen molar-refractivity contribution in [1.29, 1.82) is 0 Å². The summed E-state index contributed by atoms with van der Waals surface area (Å²) in [5, 5.41) is 2.59. The summed E-state index contributed by atoms with van der Waals surface area (Å²) in [6, 6.07) is 14.6. The molecule has 0 unspecified atom stereocenters. The van der Waals surface area contributed by atoms with E-state index < -0.39 is 36.3 Å². The van der Waals surface area contributed by atoms with Crippen LogP contribution in [0.25, 0.3) is 0 Å². The topological polar surface area (TPSA) is 96.0 Å². The molecule has 0 aliphatic carbocycles. The van der Waals surface area contributed by atoms with Gasteiger partial charge in [0.05, 0.1) is 0 Å². The highest BCUT2D eigenvalue weighted by atomic mass is 16.5. The van der Waals surface area contributed by atoms with E-state index in [1.807, 2.05) is 30.3 Å². The highest BCUT2D eigenvalue weighted by Gasteiger charge is 2.46. The number of nitrogens with zero attached hydrogens (tertiary/aromatic N) is 2. The third-order valence-electron chi connectivity index (χ3n) is 4.02. The molecule has 28 heavy (non-hydrogen) atoms. The summed E-state index contributed by atoms with van der Waals surface area (Å²) in [4.78, 5) is 49.7. The molecule has 3 rings (SSSR count). The van der Waals surface area contributed by atoms with Crippen molar-refractivity contribution in [3.8, 4) is 11.5 Å². The first kappa shape index (κ1) is 19.1. The van der Waals surface area contributed by atoms with Gasteiger partial charge in [0.25, 0.3) is 0 Å². The van der Waals surface area contributed by atoms with Crippen LogP contribution in [0.1, 0.15) is 13.8 Å². The van der Waals surface area contributed by atoms with Crippen LogP contribution < -0.4 is 10.1 Å². The van der Waals surface area contributed by atoms with Gasteiger partial charge in [-0.15, -0.1) is 0 Å². The second kappa shape index (κ2) is 7.91. The van der Waals surface area contributed by atoms with Crippen LogP contribution in [-0.4, -0.2) is 46.1 Å². The van der Waals surface area contributed by atoms with E-state index in [2.05, 4.69) is 5.32 Å². The molecular formula is C20H19N3O5. The van der Waals surface area contributed by atoms with Crippen molar-refractivity contribution in [1.82, 2.24) is 9.80 Å². The maximum atomic E-state index is 12.2. The number of urea groups is 1. The lowest BCUT2D eigenvalue weighted by Crippen LogP contribution is -2.40. The number of carbonyl (C=O) groups is 4. The number of benzene rings is 2. The van der Waals surface area contributed by atoms with Crippen molar-refractivity contribution < 1.29 is 23.9 Å². The second-order valence-corrected chi connectivity index (χ2v) is 6.43. The number of hydrogen-bond acceptors (Lipinski definition) is 5. The third kappa shape index (κ3) is 4.01. The zero-order valence-electron chi connectivity index (χ0n) is 15.4. The van der Waals surface area contributed by atoms with Crippen LogP contribution in [-0.2, 0) is 14.4 Å². The van der Waals surface area contributed by atoms with Crippen molar-refractivity contribution in [2.75, 3.05) is 11.9 Å². The quantitative estimate of drug-likeness (QED) is 0.613. The number of nitrogens with one attached hydrogen (secondary N) is 1. The Morgan fingerprint density at radius 1 is 0.929 bits per heavy atom. The molecule has 0 radical (unpaired) electrons. The Hall–Kier alpha value is -3.68. The van der Waals surface area contributed by atoms with Crippen LogP contribution in [0.2, 0.25) is 0 Å². The minimum Gasteiger partial charge on any atom is -0.457 e. The fourth-order valence-corrected chi connectivity index (χ4v) is 2.69. The van der Waals surface area contributed by atoms with E-state index >= 15 is 0 Å². The second-order valence-electron chi connectivity index (χ2n) is 6.43. The molecule has 0 bridgehead atoms. The number of carbonyl (C=O) groups excluding carboxylic acids is 4. The van der Waals surface area contributed by atoms with Gasteiger partial charge in [-0.25, -0.2) is 9.69 Å². The summed E-state index contributed by atoms with van der Waals surface area (Å²) in [6.45, 7) is 2.70. The van der Waals surface area contributed by atoms with E-state index in [4.69, 9.17) is 4.74 Å². The Bertz CT molecular complexity index is 909. The average molecular weight is 381 g/mol. The van der Waals surface area contributed by atoms with Crippen LogP contribution in [0.3, 0.4) is 0 Å². The van der Waals surface area contributed by atoms with Gasteiger partial charge in [-0.1, -0.05) is 18.2 Å². The predicted molar refractivity (Wildman–Crippen MR) is 101 cm³/mol. The zero-order valence-corrected chi connectivity index (χ0v) is 15.4. The first-order chi connectivity index (χ1) is 13.4. The molecule has 2 aromatic carbocycles. The minimum absolute atomic E-state index is 0.464. The van der Waals surface area contributed by atoms with Gasteiger partial charge in [0, 0.05) is 11.7 Å². The minimum atomic E-state index is -1.000. The molecule has 1 aliphatic heterocycles. The van der Waals surface area contributed by atoms with Crippen molar-refractivity contribution in [2.24, 2.45) is 0 Å². The lowest BCUT2D eigenvalue weighted by atomic mass is 10.3. The van der Waals surface area contributed by atoms with Gasteiger partial charge in [0.2, 0.25) is 5.91 Å². The van der Waals surface area contributed by atoms with Crippen LogP contribution in [0.5, 0.6) is 11.5 Å². The fourth-order valence-electron chi connectivity index (χ4n) is 2.69. The Kier molecular flexibility index (Phi) is 5.39. The lowest BCUT2D eigenvalue weighted by molar-refractivity contribution is -0.144. The van der Waals surface area contributed by atoms with E-state index in [1.54, 1.807) is 38.1 Å². The highest BCUT2D eigenvalue weighted by Crippen LogP contribution is 2.22. The molecule has 2 aromatic rings. The molecule has 0 spiro atoms. The molecule has 144 valence electrons.